The molecule has 0 radical (unpaired) electrons. The summed E-state index contributed by atoms with van der Waals surface area (Å²) >= 11 is 0. The number of carbonyl (C=O) groups excluding carboxylic acids is 1. The molecule has 0 unspecified atom stereocenters. The molecule has 1 N–H and O–H groups in total. The lowest BCUT2D eigenvalue weighted by Crippen LogP contribution is -2.19. The first kappa shape index (κ1) is 15.0. The topological polar surface area (TPSA) is 38.3 Å². The third-order valence-corrected chi connectivity index (χ3v) is 4.13. The second-order valence-electron chi connectivity index (χ2n) is 5.66. The summed E-state index contributed by atoms with van der Waals surface area (Å²) < 4.78 is 4.74. The van der Waals surface area contributed by atoms with Crippen LogP contribution in [-0.4, -0.2) is 19.6 Å². The molecule has 1 saturated carbocycles. The fourth-order valence-electron chi connectivity index (χ4n) is 2.94. The number of nitrogens with one attached hydrogen (secondary N) is 1. The van der Waals surface area contributed by atoms with Gasteiger partial charge in [-0.2, -0.15) is 0 Å². The van der Waals surface area contributed by atoms with E-state index in [1.807, 2.05) is 18.2 Å². The van der Waals surface area contributed by atoms with Crippen LogP contribution in [0.25, 0.3) is 0 Å². The van der Waals surface area contributed by atoms with Crippen molar-refractivity contribution in [3.05, 3.63) is 35.4 Å². The molecule has 1 aliphatic carbocycles. The van der Waals surface area contributed by atoms with Gasteiger partial charge in [-0.1, -0.05) is 44.2 Å². The van der Waals surface area contributed by atoms with E-state index in [-0.39, 0.29) is 5.97 Å². The number of hydrogen-bond acceptors (Lipinski definition) is 3. The minimum atomic E-state index is -0.269. The number of ether oxygens (including phenoxy) is 1. The maximum absolute atomic E-state index is 11.5. The summed E-state index contributed by atoms with van der Waals surface area (Å²) in [4.78, 5) is 11.5. The minimum Gasteiger partial charge on any atom is -0.465 e. The van der Waals surface area contributed by atoms with Crippen molar-refractivity contribution in [2.45, 2.75) is 45.1 Å². The summed E-state index contributed by atoms with van der Waals surface area (Å²) in [6.45, 7) is 1.88. The molecular formula is C17H25NO2. The van der Waals surface area contributed by atoms with Gasteiger partial charge in [-0.05, 0) is 36.6 Å². The van der Waals surface area contributed by atoms with Crippen LogP contribution >= 0.6 is 0 Å². The first-order valence-corrected chi connectivity index (χ1v) is 7.67. The van der Waals surface area contributed by atoms with Gasteiger partial charge in [0.05, 0.1) is 12.7 Å². The first-order valence-electron chi connectivity index (χ1n) is 7.67. The smallest absolute Gasteiger partial charge is 0.337 e. The summed E-state index contributed by atoms with van der Waals surface area (Å²) in [5.41, 5.74) is 1.76. The zero-order chi connectivity index (χ0) is 14.2. The Hall–Kier alpha value is -1.35. The van der Waals surface area contributed by atoms with Crippen LogP contribution in [-0.2, 0) is 11.3 Å². The molecule has 1 aromatic rings. The van der Waals surface area contributed by atoms with Gasteiger partial charge in [-0.25, -0.2) is 4.79 Å². The summed E-state index contributed by atoms with van der Waals surface area (Å²) in [7, 11) is 1.41. The van der Waals surface area contributed by atoms with E-state index >= 15 is 0 Å². The van der Waals surface area contributed by atoms with Gasteiger partial charge in [0.2, 0.25) is 0 Å². The molecule has 3 nitrogen and oxygen atoms in total. The molecule has 1 aliphatic rings. The summed E-state index contributed by atoms with van der Waals surface area (Å²) in [6, 6.07) is 7.64. The first-order chi connectivity index (χ1) is 9.79. The third kappa shape index (κ3) is 4.64. The van der Waals surface area contributed by atoms with Gasteiger partial charge < -0.3 is 10.1 Å². The fraction of sp³-hybridized carbons (Fsp3) is 0.588. The van der Waals surface area contributed by atoms with Gasteiger partial charge in [0, 0.05) is 6.54 Å². The lowest BCUT2D eigenvalue weighted by molar-refractivity contribution is 0.0600. The number of benzene rings is 1. The van der Waals surface area contributed by atoms with Crippen molar-refractivity contribution >= 4 is 5.97 Å². The normalized spacial score (nSPS) is 16.1. The number of carbonyl (C=O) groups is 1. The van der Waals surface area contributed by atoms with Gasteiger partial charge in [0.25, 0.3) is 0 Å². The quantitative estimate of drug-likeness (QED) is 0.637. The van der Waals surface area contributed by atoms with E-state index in [1.165, 1.54) is 45.6 Å². The lowest BCUT2D eigenvalue weighted by Gasteiger charge is -2.21. The van der Waals surface area contributed by atoms with Crippen molar-refractivity contribution < 1.29 is 9.53 Å². The SMILES string of the molecule is COC(=O)c1cccc(CNCCC2CCCCC2)c1. The van der Waals surface area contributed by atoms with E-state index in [1.54, 1.807) is 6.07 Å². The van der Waals surface area contributed by atoms with Crippen molar-refractivity contribution in [3.63, 3.8) is 0 Å². The van der Waals surface area contributed by atoms with E-state index in [4.69, 9.17) is 4.74 Å². The molecule has 0 atom stereocenters. The fourth-order valence-corrected chi connectivity index (χ4v) is 2.94. The van der Waals surface area contributed by atoms with Crippen molar-refractivity contribution in [2.75, 3.05) is 13.7 Å². The summed E-state index contributed by atoms with van der Waals surface area (Å²) in [5, 5.41) is 3.48. The van der Waals surface area contributed by atoms with Crippen LogP contribution in [0.3, 0.4) is 0 Å². The maximum Gasteiger partial charge on any atom is 0.337 e. The van der Waals surface area contributed by atoms with Crippen LogP contribution in [0.4, 0.5) is 0 Å². The van der Waals surface area contributed by atoms with Crippen molar-refractivity contribution in [2.24, 2.45) is 5.92 Å². The predicted molar refractivity (Wildman–Crippen MR) is 80.7 cm³/mol. The average Bonchev–Trinajstić information content (AvgIpc) is 2.52. The molecule has 0 spiro atoms. The molecule has 0 aromatic heterocycles. The van der Waals surface area contributed by atoms with E-state index in [0.717, 1.165) is 24.6 Å². The summed E-state index contributed by atoms with van der Waals surface area (Å²) in [6.07, 6.45) is 8.32. The Balaban J connectivity index is 1.72. The Morgan fingerprint density at radius 2 is 2.10 bits per heavy atom. The highest BCUT2D eigenvalue weighted by molar-refractivity contribution is 5.89. The van der Waals surface area contributed by atoms with Gasteiger partial charge in [-0.3, -0.25) is 0 Å². The standard InChI is InChI=1S/C17H25NO2/c1-20-17(19)16-9-5-8-15(12-16)13-18-11-10-14-6-3-2-4-7-14/h5,8-9,12,14,18H,2-4,6-7,10-11,13H2,1H3. The van der Waals surface area contributed by atoms with Crippen molar-refractivity contribution in [1.82, 2.24) is 5.32 Å². The maximum atomic E-state index is 11.5. The molecule has 0 amide bonds. The lowest BCUT2D eigenvalue weighted by atomic mass is 9.87. The van der Waals surface area contributed by atoms with Gasteiger partial charge in [-0.15, -0.1) is 0 Å². The minimum absolute atomic E-state index is 0.269. The average molecular weight is 275 g/mol. The Kier molecular flexibility index (Phi) is 6.06. The van der Waals surface area contributed by atoms with Crippen LogP contribution < -0.4 is 5.32 Å². The Morgan fingerprint density at radius 1 is 1.30 bits per heavy atom. The number of esters is 1. The highest BCUT2D eigenvalue weighted by Crippen LogP contribution is 2.25. The molecule has 0 heterocycles. The van der Waals surface area contributed by atoms with E-state index in [0.29, 0.717) is 5.56 Å². The van der Waals surface area contributed by atoms with Crippen LogP contribution in [0.1, 0.15) is 54.4 Å². The van der Waals surface area contributed by atoms with E-state index in [2.05, 4.69) is 5.32 Å². The molecule has 110 valence electrons. The van der Waals surface area contributed by atoms with E-state index in [9.17, 15) is 4.79 Å². The molecule has 1 fully saturated rings. The van der Waals surface area contributed by atoms with Crippen LogP contribution in [0.5, 0.6) is 0 Å². The number of hydrogen-bond donors (Lipinski definition) is 1. The van der Waals surface area contributed by atoms with E-state index < -0.39 is 0 Å². The highest BCUT2D eigenvalue weighted by Gasteiger charge is 2.12. The Labute approximate surface area is 121 Å². The van der Waals surface area contributed by atoms with Crippen LogP contribution in [0.15, 0.2) is 24.3 Å². The second-order valence-corrected chi connectivity index (χ2v) is 5.66. The second kappa shape index (κ2) is 8.05. The molecule has 20 heavy (non-hydrogen) atoms. The molecule has 2 rings (SSSR count). The van der Waals surface area contributed by atoms with Crippen molar-refractivity contribution in [3.8, 4) is 0 Å². The number of methoxy groups -OCH3 is 1. The van der Waals surface area contributed by atoms with Gasteiger partial charge in [0.1, 0.15) is 0 Å². The van der Waals surface area contributed by atoms with Gasteiger partial charge >= 0.3 is 5.97 Å². The molecule has 3 heteroatoms. The number of rotatable bonds is 6. The monoisotopic (exact) mass is 275 g/mol. The molecule has 0 saturated heterocycles. The zero-order valence-electron chi connectivity index (χ0n) is 12.4. The van der Waals surface area contributed by atoms with Gasteiger partial charge in [0.15, 0.2) is 0 Å². The largest absolute Gasteiger partial charge is 0.465 e. The Bertz CT molecular complexity index is 425. The molecular weight excluding hydrogens is 250 g/mol. The molecule has 1 aromatic carbocycles. The van der Waals surface area contributed by atoms with Crippen LogP contribution in [0.2, 0.25) is 0 Å². The summed E-state index contributed by atoms with van der Waals surface area (Å²) in [5.74, 6) is 0.645. The van der Waals surface area contributed by atoms with Crippen molar-refractivity contribution in [1.29, 1.82) is 0 Å². The third-order valence-electron chi connectivity index (χ3n) is 4.13. The predicted octanol–water partition coefficient (Wildman–Crippen LogP) is 3.53. The zero-order valence-corrected chi connectivity index (χ0v) is 12.4. The highest BCUT2D eigenvalue weighted by atomic mass is 16.5. The molecule has 0 aliphatic heterocycles. The Morgan fingerprint density at radius 3 is 2.85 bits per heavy atom. The molecule has 0 bridgehead atoms. The van der Waals surface area contributed by atoms with Crippen LogP contribution in [0, 0.1) is 5.92 Å².